The first-order valence-corrected chi connectivity index (χ1v) is 28.3. The van der Waals surface area contributed by atoms with Gasteiger partial charge in [-0.3, -0.25) is 4.72 Å². The lowest BCUT2D eigenvalue weighted by molar-refractivity contribution is -0.243. The minimum Gasteiger partial charge on any atom is -0.491 e. The lowest BCUT2D eigenvalue weighted by Crippen LogP contribution is -2.63. The van der Waals surface area contributed by atoms with Crippen LogP contribution in [0, 0.1) is 34.6 Å². The second-order valence-corrected chi connectivity index (χ2v) is 23.8. The maximum atomic E-state index is 15.8. The van der Waals surface area contributed by atoms with Crippen LogP contribution in [0.25, 0.3) is 33.4 Å². The molecule has 0 spiro atoms. The molecule has 1 atom stereocenters. The van der Waals surface area contributed by atoms with E-state index in [2.05, 4.69) is 5.32 Å². The number of rotatable bonds is 22. The lowest BCUT2D eigenvalue weighted by atomic mass is 9.93. The minimum atomic E-state index is -7.49. The highest BCUT2D eigenvalue weighted by molar-refractivity contribution is 8.05. The average molecular weight is 1130 g/mol. The van der Waals surface area contributed by atoms with Gasteiger partial charge >= 0.3 is 26.5 Å². The van der Waals surface area contributed by atoms with Gasteiger partial charge in [0, 0.05) is 58.4 Å². The Morgan fingerprint density at radius 3 is 1.91 bits per heavy atom. The van der Waals surface area contributed by atoms with E-state index >= 15 is 26.3 Å². The molecule has 0 amide bonds. The van der Waals surface area contributed by atoms with Crippen molar-refractivity contribution in [2.75, 3.05) is 43.6 Å². The first-order valence-electron chi connectivity index (χ1n) is 23.9. The van der Waals surface area contributed by atoms with Crippen molar-refractivity contribution in [3.8, 4) is 28.2 Å². The number of nitrogens with one attached hydrogen (secondary N) is 3. The van der Waals surface area contributed by atoms with Crippen LogP contribution in [0.3, 0.4) is 0 Å². The van der Waals surface area contributed by atoms with Crippen LogP contribution in [0.5, 0.6) is 5.75 Å². The summed E-state index contributed by atoms with van der Waals surface area (Å²) in [5.41, 5.74) is 5.90. The fourth-order valence-electron chi connectivity index (χ4n) is 8.60. The quantitative estimate of drug-likeness (QED) is 0.0332. The molecule has 0 saturated heterocycles. The van der Waals surface area contributed by atoms with Gasteiger partial charge in [-0.05, 0) is 129 Å². The Hall–Kier alpha value is -6.50. The van der Waals surface area contributed by atoms with E-state index in [4.69, 9.17) is 23.6 Å². The van der Waals surface area contributed by atoms with Crippen LogP contribution in [0.15, 0.2) is 123 Å². The number of fused-ring (bicyclic) bond motifs is 2. The number of hydrogen-bond acceptors (Lipinski definition) is 12. The van der Waals surface area contributed by atoms with Gasteiger partial charge in [0.25, 0.3) is 20.0 Å². The molecule has 14 nitrogen and oxygen atoms in total. The van der Waals surface area contributed by atoms with E-state index in [1.807, 2.05) is 65.8 Å². The summed E-state index contributed by atoms with van der Waals surface area (Å²) in [6, 6.07) is 25.7. The number of aryl methyl sites for hydroxylation is 5. The largest absolute Gasteiger partial charge is 0.491 e. The van der Waals surface area contributed by atoms with E-state index in [1.54, 1.807) is 38.3 Å². The van der Waals surface area contributed by atoms with Crippen LogP contribution >= 0.6 is 0 Å². The highest BCUT2D eigenvalue weighted by atomic mass is 32.3. The molecule has 23 heteroatoms. The smallest absolute Gasteiger partial charge is 0.433 e. The van der Waals surface area contributed by atoms with Crippen LogP contribution < -0.4 is 24.3 Å². The summed E-state index contributed by atoms with van der Waals surface area (Å²) in [6.45, 7) is 14.5. The van der Waals surface area contributed by atoms with Crippen molar-refractivity contribution in [1.29, 1.82) is 0 Å². The van der Waals surface area contributed by atoms with Crippen LogP contribution in [0.2, 0.25) is 0 Å². The van der Waals surface area contributed by atoms with Gasteiger partial charge in [0.1, 0.15) is 23.7 Å². The summed E-state index contributed by atoms with van der Waals surface area (Å²) in [5, 5.41) is -10.0. The average Bonchev–Trinajstić information content (AvgIpc) is 3.36. The molecule has 5 aromatic rings. The third-order valence-corrected chi connectivity index (χ3v) is 17.8. The molecule has 1 heterocycles. The van der Waals surface area contributed by atoms with E-state index in [9.17, 15) is 25.3 Å². The third-order valence-electron chi connectivity index (χ3n) is 12.7. The molecular weight excluding hydrogens is 1070 g/mol. The zero-order valence-corrected chi connectivity index (χ0v) is 45.5. The second kappa shape index (κ2) is 22.5. The predicted molar refractivity (Wildman–Crippen MR) is 283 cm³/mol. The fourth-order valence-corrected chi connectivity index (χ4v) is 12.8. The summed E-state index contributed by atoms with van der Waals surface area (Å²) in [6.07, 6.45) is 0.609. The van der Waals surface area contributed by atoms with E-state index in [0.29, 0.717) is 64.1 Å². The summed E-state index contributed by atoms with van der Waals surface area (Å²) >= 11 is 0. The molecule has 0 saturated carbocycles. The van der Waals surface area contributed by atoms with Crippen molar-refractivity contribution in [1.82, 2.24) is 4.13 Å². The number of methoxy groups -OCH3 is 1. The first-order chi connectivity index (χ1) is 36.1. The molecule has 0 aromatic heterocycles. The molecule has 3 N–H and O–H groups in total. The molecule has 1 unspecified atom stereocenters. The van der Waals surface area contributed by atoms with E-state index < -0.39 is 57.1 Å². The van der Waals surface area contributed by atoms with E-state index in [-0.39, 0.29) is 45.9 Å². The summed E-state index contributed by atoms with van der Waals surface area (Å²) < 4.78 is 199. The van der Waals surface area contributed by atoms with Gasteiger partial charge in [0.15, 0.2) is 0 Å². The van der Waals surface area contributed by atoms with Crippen molar-refractivity contribution in [3.63, 3.8) is 0 Å². The van der Waals surface area contributed by atoms with Gasteiger partial charge in [-0.1, -0.05) is 66.0 Å². The SMILES string of the molecule is CCC(C)c1ccc(NS(=O)(=O)C(F)(F)C(F)(F)C(F)(F)S(=O)(=O)NS(=O)(=O)c2ccccc2-c2c3ccc(=Nc4c(C)cc(C)cc4C)cc-3oc3cc(Nc4c(C)cc(OCCOCCOC)cc4C)ccc23)cc1. The Bertz CT molecular complexity index is 3680. The molecule has 0 bridgehead atoms. The third kappa shape index (κ3) is 11.8. The first kappa shape index (κ1) is 58.2. The molecule has 412 valence electrons. The molecule has 0 radical (unpaired) electrons. The van der Waals surface area contributed by atoms with Crippen molar-refractivity contribution in [3.05, 3.63) is 148 Å². The molecule has 5 aromatic carbocycles. The zero-order valence-electron chi connectivity index (χ0n) is 43.0. The zero-order chi connectivity index (χ0) is 56.5. The number of halogens is 6. The summed E-state index contributed by atoms with van der Waals surface area (Å²) in [4.78, 5) is 3.77. The Morgan fingerprint density at radius 2 is 1.27 bits per heavy atom. The highest BCUT2D eigenvalue weighted by Crippen LogP contribution is 2.51. The topological polar surface area (TPSA) is 192 Å². The van der Waals surface area contributed by atoms with Gasteiger partial charge in [0.05, 0.1) is 35.8 Å². The van der Waals surface area contributed by atoms with Gasteiger partial charge in [-0.15, -0.1) is 0 Å². The highest BCUT2D eigenvalue weighted by Gasteiger charge is 2.82. The predicted octanol–water partition coefficient (Wildman–Crippen LogP) is 12.1. The van der Waals surface area contributed by atoms with Gasteiger partial charge in [0.2, 0.25) is 0 Å². The van der Waals surface area contributed by atoms with Crippen LogP contribution in [0.4, 0.5) is 49.1 Å². The lowest BCUT2D eigenvalue weighted by Gasteiger charge is -2.31. The number of benzene rings is 6. The Morgan fingerprint density at radius 1 is 0.662 bits per heavy atom. The number of nitrogens with zero attached hydrogens (tertiary/aromatic N) is 1. The molecule has 1 aliphatic heterocycles. The molecule has 2 aliphatic rings. The van der Waals surface area contributed by atoms with Crippen LogP contribution in [-0.2, 0) is 39.5 Å². The van der Waals surface area contributed by atoms with Crippen molar-refractivity contribution in [2.24, 2.45) is 4.99 Å². The fraction of sp³-hybridized carbons (Fsp3) is 0.315. The number of alkyl halides is 6. The van der Waals surface area contributed by atoms with Crippen molar-refractivity contribution < 1.29 is 70.2 Å². The second-order valence-electron chi connectivity index (χ2n) is 18.5. The molecule has 0 fully saturated rings. The van der Waals surface area contributed by atoms with Gasteiger partial charge < -0.3 is 23.9 Å². The number of anilines is 3. The normalized spacial score (nSPS) is 13.6. The number of ether oxygens (including phenoxy) is 3. The molecule has 1 aliphatic carbocycles. The van der Waals surface area contributed by atoms with Crippen LogP contribution in [0.1, 0.15) is 59.6 Å². The standard InChI is InChI=1S/C54H56F6N4O10S3/c1-9-33(3)38-14-16-39(17-15-38)63-76(67,68)53(57,58)52(55,56)54(59,60)77(69,70)64-75(65,66)48-13-11-10-12-45(48)49-43-20-18-40(61-50-34(4)26-32(2)27-35(50)5)30-46(43)74-47-31-41(19-21-44(47)49)62-51-36(6)28-42(29-37(51)7)73-25-24-72-23-22-71-8/h10-21,26-31,33,62-64H,9,22-25H2,1-8H3. The van der Waals surface area contributed by atoms with Crippen molar-refractivity contribution in [2.45, 2.75) is 82.1 Å². The Labute approximate surface area is 443 Å². The summed E-state index contributed by atoms with van der Waals surface area (Å²) in [5.74, 6) is -6.71. The molecular formula is C54H56F6N4O10S3. The van der Waals surface area contributed by atoms with Crippen LogP contribution in [-0.4, -0.2) is 75.2 Å². The van der Waals surface area contributed by atoms with Gasteiger partial charge in [-0.25, -0.2) is 21.8 Å². The monoisotopic (exact) mass is 1130 g/mol. The van der Waals surface area contributed by atoms with Gasteiger partial charge in [-0.2, -0.15) is 34.8 Å². The van der Waals surface area contributed by atoms with E-state index in [0.717, 1.165) is 56.8 Å². The Balaban J connectivity index is 1.29. The summed E-state index contributed by atoms with van der Waals surface area (Å²) in [7, 11) is -18.8. The number of hydrogen-bond donors (Lipinski definition) is 3. The van der Waals surface area contributed by atoms with E-state index in [1.165, 1.54) is 36.4 Å². The van der Waals surface area contributed by atoms with Crippen molar-refractivity contribution >= 4 is 63.8 Å². The minimum absolute atomic E-state index is 0.0125. The maximum absolute atomic E-state index is 15.8. The molecule has 77 heavy (non-hydrogen) atoms. The maximum Gasteiger partial charge on any atom is 0.433 e. The Kier molecular flexibility index (Phi) is 17.0. The molecule has 7 rings (SSSR count). The number of sulfonamides is 3.